The van der Waals surface area contributed by atoms with Gasteiger partial charge in [0.1, 0.15) is 12.1 Å². The van der Waals surface area contributed by atoms with Gasteiger partial charge in [-0.1, -0.05) is 6.07 Å². The third-order valence-corrected chi connectivity index (χ3v) is 4.79. The number of aromatic nitrogens is 4. The van der Waals surface area contributed by atoms with Crippen LogP contribution in [0.15, 0.2) is 60.2 Å². The molecule has 1 amide bonds. The Balaban J connectivity index is 1.43. The molecule has 2 N–H and O–H groups in total. The second-order valence-corrected chi connectivity index (χ2v) is 6.68. The van der Waals surface area contributed by atoms with Crippen LogP contribution in [-0.4, -0.2) is 26.1 Å². The van der Waals surface area contributed by atoms with Gasteiger partial charge in [0.2, 0.25) is 0 Å². The van der Waals surface area contributed by atoms with Gasteiger partial charge in [0.15, 0.2) is 5.69 Å². The van der Waals surface area contributed by atoms with Crippen molar-refractivity contribution >= 4 is 17.2 Å². The monoisotopic (exact) mass is 379 g/mol. The fourth-order valence-corrected chi connectivity index (χ4v) is 3.22. The Morgan fingerprint density at radius 3 is 2.78 bits per heavy atom. The summed E-state index contributed by atoms with van der Waals surface area (Å²) in [6.45, 7) is 0.233. The summed E-state index contributed by atoms with van der Waals surface area (Å²) in [5, 5.41) is 11.7. The van der Waals surface area contributed by atoms with E-state index in [9.17, 15) is 9.18 Å². The van der Waals surface area contributed by atoms with Crippen LogP contribution in [0.3, 0.4) is 0 Å². The zero-order chi connectivity index (χ0) is 18.6. The number of amides is 1. The minimum absolute atomic E-state index is 0.233. The number of carbonyl (C=O) groups excluding carboxylic acids is 1. The summed E-state index contributed by atoms with van der Waals surface area (Å²) < 4.78 is 13.1. The highest BCUT2D eigenvalue weighted by molar-refractivity contribution is 7.13. The average Bonchev–Trinajstić information content (AvgIpc) is 3.38. The summed E-state index contributed by atoms with van der Waals surface area (Å²) in [7, 11) is 0. The van der Waals surface area contributed by atoms with Crippen LogP contribution in [0.5, 0.6) is 0 Å². The molecule has 4 aromatic rings. The molecule has 3 aromatic heterocycles. The van der Waals surface area contributed by atoms with Crippen LogP contribution in [0.2, 0.25) is 0 Å². The van der Waals surface area contributed by atoms with Crippen LogP contribution in [0.4, 0.5) is 4.39 Å². The first-order valence-corrected chi connectivity index (χ1v) is 9.01. The van der Waals surface area contributed by atoms with Crippen LogP contribution >= 0.6 is 11.3 Å². The zero-order valence-electron chi connectivity index (χ0n) is 14.0. The molecule has 27 heavy (non-hydrogen) atoms. The quantitative estimate of drug-likeness (QED) is 0.554. The number of benzene rings is 1. The van der Waals surface area contributed by atoms with Crippen LogP contribution < -0.4 is 5.32 Å². The maximum absolute atomic E-state index is 13.1. The lowest BCUT2D eigenvalue weighted by Gasteiger charge is -2.05. The van der Waals surface area contributed by atoms with Crippen molar-refractivity contribution in [3.63, 3.8) is 0 Å². The third-order valence-electron chi connectivity index (χ3n) is 3.89. The summed E-state index contributed by atoms with van der Waals surface area (Å²) in [6.07, 6.45) is 1.42. The van der Waals surface area contributed by atoms with E-state index in [0.717, 1.165) is 16.1 Å². The highest BCUT2D eigenvalue weighted by Crippen LogP contribution is 2.23. The Bertz CT molecular complexity index is 1060. The fraction of sp³-hybridized carbons (Fsp3) is 0.0526. The molecule has 0 saturated carbocycles. The Morgan fingerprint density at radius 1 is 1.15 bits per heavy atom. The third kappa shape index (κ3) is 3.90. The molecule has 1 aromatic carbocycles. The lowest BCUT2D eigenvalue weighted by Crippen LogP contribution is -2.23. The number of aromatic amines is 1. The smallest absolute Gasteiger partial charge is 0.272 e. The lowest BCUT2D eigenvalue weighted by molar-refractivity contribution is 0.0945. The number of halogens is 1. The van der Waals surface area contributed by atoms with Crippen molar-refractivity contribution in [3.05, 3.63) is 77.4 Å². The molecule has 4 rings (SSSR count). The van der Waals surface area contributed by atoms with E-state index in [-0.39, 0.29) is 18.3 Å². The van der Waals surface area contributed by atoms with Crippen LogP contribution in [0, 0.1) is 5.82 Å². The second-order valence-electron chi connectivity index (χ2n) is 5.73. The van der Waals surface area contributed by atoms with E-state index in [1.54, 1.807) is 35.6 Å². The van der Waals surface area contributed by atoms with Crippen molar-refractivity contribution < 1.29 is 9.18 Å². The molecule has 0 aliphatic rings. The molecule has 0 unspecified atom stereocenters. The molecule has 0 radical (unpaired) electrons. The zero-order valence-corrected chi connectivity index (χ0v) is 14.8. The summed E-state index contributed by atoms with van der Waals surface area (Å²) in [4.78, 5) is 21.7. The molecule has 3 heterocycles. The van der Waals surface area contributed by atoms with Gasteiger partial charge >= 0.3 is 0 Å². The Kier molecular flexibility index (Phi) is 4.71. The molecule has 0 saturated heterocycles. The topological polar surface area (TPSA) is 83.6 Å². The van der Waals surface area contributed by atoms with Gasteiger partial charge in [-0.3, -0.25) is 9.89 Å². The van der Waals surface area contributed by atoms with E-state index in [1.165, 1.54) is 18.5 Å². The number of hydrogen-bond acceptors (Lipinski definition) is 5. The van der Waals surface area contributed by atoms with Gasteiger partial charge in [-0.2, -0.15) is 5.10 Å². The van der Waals surface area contributed by atoms with Gasteiger partial charge in [0, 0.05) is 5.56 Å². The number of rotatable bonds is 5. The first kappa shape index (κ1) is 17.0. The number of H-pyrrole nitrogens is 1. The minimum Gasteiger partial charge on any atom is -0.345 e. The van der Waals surface area contributed by atoms with E-state index in [0.29, 0.717) is 17.1 Å². The van der Waals surface area contributed by atoms with Crippen molar-refractivity contribution in [2.24, 2.45) is 0 Å². The molecule has 6 nitrogen and oxygen atoms in total. The molecule has 0 bridgehead atoms. The van der Waals surface area contributed by atoms with Crippen LogP contribution in [-0.2, 0) is 6.54 Å². The van der Waals surface area contributed by atoms with E-state index in [4.69, 9.17) is 0 Å². The van der Waals surface area contributed by atoms with Gasteiger partial charge in [-0.15, -0.1) is 11.3 Å². The molecule has 0 aliphatic heterocycles. The average molecular weight is 379 g/mol. The maximum Gasteiger partial charge on any atom is 0.272 e. The standard InChI is InChI=1S/C19H14FN5OS/c20-13-5-3-12(4-6-13)15-8-14(22-11-23-15)10-21-19(26)17-9-16(24-25-17)18-2-1-7-27-18/h1-9,11H,10H2,(H,21,26)(H,24,25). The molecule has 0 fully saturated rings. The number of nitrogens with one attached hydrogen (secondary N) is 2. The van der Waals surface area contributed by atoms with Crippen molar-refractivity contribution in [2.45, 2.75) is 6.54 Å². The van der Waals surface area contributed by atoms with Gasteiger partial charge in [-0.25, -0.2) is 14.4 Å². The Hall–Kier alpha value is -3.39. The van der Waals surface area contributed by atoms with Gasteiger partial charge in [0.25, 0.3) is 5.91 Å². The molecular weight excluding hydrogens is 365 g/mol. The molecule has 0 atom stereocenters. The number of hydrogen-bond donors (Lipinski definition) is 2. The van der Waals surface area contributed by atoms with Gasteiger partial charge in [0.05, 0.1) is 28.5 Å². The fourth-order valence-electron chi connectivity index (χ4n) is 2.53. The number of thiophene rings is 1. The molecule has 134 valence electrons. The van der Waals surface area contributed by atoms with Gasteiger partial charge in [-0.05, 0) is 47.8 Å². The Morgan fingerprint density at radius 2 is 2.00 bits per heavy atom. The SMILES string of the molecule is O=C(NCc1cc(-c2ccc(F)cc2)ncn1)c1cc(-c2cccs2)[nH]n1. The first-order valence-electron chi connectivity index (χ1n) is 8.13. The minimum atomic E-state index is -0.304. The molecule has 8 heteroatoms. The summed E-state index contributed by atoms with van der Waals surface area (Å²) in [5.41, 5.74) is 3.20. The number of carbonyl (C=O) groups is 1. The van der Waals surface area contributed by atoms with Crippen molar-refractivity contribution in [2.75, 3.05) is 0 Å². The summed E-state index contributed by atoms with van der Waals surface area (Å²) in [6, 6.07) is 13.4. The van der Waals surface area contributed by atoms with Crippen molar-refractivity contribution in [1.82, 2.24) is 25.5 Å². The van der Waals surface area contributed by atoms with Crippen molar-refractivity contribution in [3.8, 4) is 21.8 Å². The van der Waals surface area contributed by atoms with E-state index in [1.807, 2.05) is 17.5 Å². The largest absolute Gasteiger partial charge is 0.345 e. The van der Waals surface area contributed by atoms with Crippen LogP contribution in [0.1, 0.15) is 16.2 Å². The predicted octanol–water partition coefficient (Wildman–Crippen LogP) is 3.66. The van der Waals surface area contributed by atoms with Crippen LogP contribution in [0.25, 0.3) is 21.8 Å². The molecule has 0 spiro atoms. The van der Waals surface area contributed by atoms with E-state index in [2.05, 4.69) is 25.5 Å². The van der Waals surface area contributed by atoms with E-state index >= 15 is 0 Å². The normalized spacial score (nSPS) is 10.7. The second kappa shape index (κ2) is 7.46. The van der Waals surface area contributed by atoms with Gasteiger partial charge < -0.3 is 5.32 Å². The highest BCUT2D eigenvalue weighted by Gasteiger charge is 2.12. The summed E-state index contributed by atoms with van der Waals surface area (Å²) in [5.74, 6) is -0.600. The number of nitrogens with zero attached hydrogens (tertiary/aromatic N) is 3. The van der Waals surface area contributed by atoms with E-state index < -0.39 is 0 Å². The molecular formula is C19H14FN5OS. The lowest BCUT2D eigenvalue weighted by atomic mass is 10.1. The van der Waals surface area contributed by atoms with Crippen molar-refractivity contribution in [1.29, 1.82) is 0 Å². The Labute approximate surface area is 158 Å². The first-order chi connectivity index (χ1) is 13.2. The maximum atomic E-state index is 13.1. The summed E-state index contributed by atoms with van der Waals surface area (Å²) >= 11 is 1.57. The highest BCUT2D eigenvalue weighted by atomic mass is 32.1. The predicted molar refractivity (Wildman–Crippen MR) is 100 cm³/mol. The molecule has 0 aliphatic carbocycles.